The van der Waals surface area contributed by atoms with Crippen LogP contribution >= 0.6 is 0 Å². The normalized spacial score (nSPS) is 10.2. The number of aryl methyl sites for hydroxylation is 1. The second kappa shape index (κ2) is 5.44. The number of hydrogen-bond donors (Lipinski definition) is 1. The second-order valence-corrected chi connectivity index (χ2v) is 4.29. The predicted octanol–water partition coefficient (Wildman–Crippen LogP) is 2.99. The summed E-state index contributed by atoms with van der Waals surface area (Å²) in [5, 5.41) is 3.22. The lowest BCUT2D eigenvalue weighted by Crippen LogP contribution is -1.99. The molecule has 0 saturated carbocycles. The Bertz CT molecular complexity index is 698. The maximum Gasteiger partial charge on any atom is 0.134 e. The number of anilines is 2. The van der Waals surface area contributed by atoms with E-state index in [1.54, 1.807) is 24.8 Å². The zero-order valence-electron chi connectivity index (χ0n) is 11.0. The van der Waals surface area contributed by atoms with E-state index in [1.807, 2.05) is 37.3 Å². The molecule has 3 aromatic heterocycles. The number of nitrogens with zero attached hydrogens (tertiary/aromatic N) is 4. The maximum atomic E-state index is 4.44. The molecule has 20 heavy (non-hydrogen) atoms. The molecule has 1 N–H and O–H groups in total. The van der Waals surface area contributed by atoms with Crippen LogP contribution in [0.4, 0.5) is 11.5 Å². The van der Waals surface area contributed by atoms with E-state index < -0.39 is 0 Å². The van der Waals surface area contributed by atoms with Crippen molar-refractivity contribution in [3.8, 4) is 11.3 Å². The molecule has 0 spiro atoms. The standard InChI is InChI=1S/C15H13N5/c1-11-18-14(12-4-2-6-16-9-12)8-15(19-11)20-13-5-3-7-17-10-13/h2-10H,1H3,(H,18,19,20). The highest BCUT2D eigenvalue weighted by Gasteiger charge is 2.05. The zero-order chi connectivity index (χ0) is 13.8. The van der Waals surface area contributed by atoms with Crippen LogP contribution < -0.4 is 5.32 Å². The van der Waals surface area contributed by atoms with Crippen LogP contribution in [0.3, 0.4) is 0 Å². The van der Waals surface area contributed by atoms with Crippen molar-refractivity contribution < 1.29 is 0 Å². The van der Waals surface area contributed by atoms with Crippen molar-refractivity contribution in [3.05, 3.63) is 60.9 Å². The number of aromatic nitrogens is 4. The van der Waals surface area contributed by atoms with Gasteiger partial charge in [-0.15, -0.1) is 0 Å². The topological polar surface area (TPSA) is 63.6 Å². The van der Waals surface area contributed by atoms with E-state index in [-0.39, 0.29) is 0 Å². The zero-order valence-corrected chi connectivity index (χ0v) is 11.0. The van der Waals surface area contributed by atoms with Crippen molar-refractivity contribution in [1.82, 2.24) is 19.9 Å². The van der Waals surface area contributed by atoms with E-state index in [0.717, 1.165) is 22.8 Å². The molecule has 0 atom stereocenters. The molecule has 0 aliphatic carbocycles. The third kappa shape index (κ3) is 2.77. The average Bonchev–Trinajstić information content (AvgIpc) is 2.49. The van der Waals surface area contributed by atoms with Crippen LogP contribution in [-0.4, -0.2) is 19.9 Å². The average molecular weight is 263 g/mol. The van der Waals surface area contributed by atoms with E-state index in [4.69, 9.17) is 0 Å². The van der Waals surface area contributed by atoms with Gasteiger partial charge in [-0.25, -0.2) is 9.97 Å². The first-order valence-electron chi connectivity index (χ1n) is 6.24. The number of nitrogens with one attached hydrogen (secondary N) is 1. The van der Waals surface area contributed by atoms with E-state index in [9.17, 15) is 0 Å². The molecule has 3 heterocycles. The molecule has 0 saturated heterocycles. The van der Waals surface area contributed by atoms with Gasteiger partial charge < -0.3 is 5.32 Å². The Labute approximate surface area is 116 Å². The minimum atomic E-state index is 0.706. The van der Waals surface area contributed by atoms with Crippen LogP contribution in [0.15, 0.2) is 55.1 Å². The minimum Gasteiger partial charge on any atom is -0.339 e. The largest absolute Gasteiger partial charge is 0.339 e. The fraction of sp³-hybridized carbons (Fsp3) is 0.0667. The van der Waals surface area contributed by atoms with Gasteiger partial charge in [0.2, 0.25) is 0 Å². The summed E-state index contributed by atoms with van der Waals surface area (Å²) in [4.78, 5) is 17.0. The van der Waals surface area contributed by atoms with Gasteiger partial charge in [0.05, 0.1) is 17.6 Å². The summed E-state index contributed by atoms with van der Waals surface area (Å²) in [5.74, 6) is 1.45. The minimum absolute atomic E-state index is 0.706. The number of rotatable bonds is 3. The SMILES string of the molecule is Cc1nc(Nc2cccnc2)cc(-c2cccnc2)n1. The maximum absolute atomic E-state index is 4.44. The van der Waals surface area contributed by atoms with E-state index in [2.05, 4.69) is 25.3 Å². The number of pyridine rings is 2. The van der Waals surface area contributed by atoms with Gasteiger partial charge in [-0.1, -0.05) is 0 Å². The third-order valence-corrected chi connectivity index (χ3v) is 2.73. The Morgan fingerprint density at radius 1 is 0.950 bits per heavy atom. The molecule has 98 valence electrons. The van der Waals surface area contributed by atoms with Crippen molar-refractivity contribution in [2.75, 3.05) is 5.32 Å². The van der Waals surface area contributed by atoms with Gasteiger partial charge in [0, 0.05) is 30.2 Å². The van der Waals surface area contributed by atoms with Gasteiger partial charge in [-0.05, 0) is 31.2 Å². The number of hydrogen-bond acceptors (Lipinski definition) is 5. The molecular formula is C15H13N5. The highest BCUT2D eigenvalue weighted by atomic mass is 15.0. The smallest absolute Gasteiger partial charge is 0.134 e. The van der Waals surface area contributed by atoms with Gasteiger partial charge in [-0.2, -0.15) is 0 Å². The Balaban J connectivity index is 1.95. The van der Waals surface area contributed by atoms with Gasteiger partial charge in [0.1, 0.15) is 11.6 Å². The molecule has 0 radical (unpaired) electrons. The second-order valence-electron chi connectivity index (χ2n) is 4.29. The highest BCUT2D eigenvalue weighted by molar-refractivity contribution is 5.64. The highest BCUT2D eigenvalue weighted by Crippen LogP contribution is 2.20. The molecular weight excluding hydrogens is 250 g/mol. The molecule has 0 amide bonds. The van der Waals surface area contributed by atoms with Crippen LogP contribution in [0.2, 0.25) is 0 Å². The molecule has 0 unspecified atom stereocenters. The summed E-state index contributed by atoms with van der Waals surface area (Å²) in [5.41, 5.74) is 2.70. The fourth-order valence-electron chi connectivity index (χ4n) is 1.88. The van der Waals surface area contributed by atoms with Crippen LogP contribution in [-0.2, 0) is 0 Å². The van der Waals surface area contributed by atoms with E-state index >= 15 is 0 Å². The van der Waals surface area contributed by atoms with Gasteiger partial charge in [-0.3, -0.25) is 9.97 Å². The molecule has 3 aromatic rings. The van der Waals surface area contributed by atoms with Crippen molar-refractivity contribution in [3.63, 3.8) is 0 Å². The van der Waals surface area contributed by atoms with Crippen LogP contribution in [0.25, 0.3) is 11.3 Å². The van der Waals surface area contributed by atoms with Crippen molar-refractivity contribution in [2.24, 2.45) is 0 Å². The predicted molar refractivity (Wildman–Crippen MR) is 77.5 cm³/mol. The summed E-state index contributed by atoms with van der Waals surface area (Å²) in [6.45, 7) is 1.87. The Hall–Kier alpha value is -2.82. The monoisotopic (exact) mass is 263 g/mol. The molecule has 5 heteroatoms. The molecule has 0 bridgehead atoms. The van der Waals surface area contributed by atoms with Crippen molar-refractivity contribution in [2.45, 2.75) is 6.92 Å². The molecule has 0 aliphatic heterocycles. The summed E-state index contributed by atoms with van der Waals surface area (Å²) in [6, 6.07) is 9.58. The summed E-state index contributed by atoms with van der Waals surface area (Å²) < 4.78 is 0. The molecule has 0 aromatic carbocycles. The molecule has 5 nitrogen and oxygen atoms in total. The lowest BCUT2D eigenvalue weighted by atomic mass is 10.2. The Kier molecular flexibility index (Phi) is 3.33. The van der Waals surface area contributed by atoms with Crippen LogP contribution in [0.1, 0.15) is 5.82 Å². The fourth-order valence-corrected chi connectivity index (χ4v) is 1.88. The summed E-state index contributed by atoms with van der Waals surface area (Å²) >= 11 is 0. The molecule has 0 aliphatic rings. The van der Waals surface area contributed by atoms with Gasteiger partial charge in [0.15, 0.2) is 0 Å². The first kappa shape index (κ1) is 12.2. The lowest BCUT2D eigenvalue weighted by molar-refractivity contribution is 1.06. The summed E-state index contributed by atoms with van der Waals surface area (Å²) in [7, 11) is 0. The van der Waals surface area contributed by atoms with Gasteiger partial charge >= 0.3 is 0 Å². The lowest BCUT2D eigenvalue weighted by Gasteiger charge is -2.08. The van der Waals surface area contributed by atoms with Crippen molar-refractivity contribution >= 4 is 11.5 Å². The Morgan fingerprint density at radius 2 is 1.75 bits per heavy atom. The van der Waals surface area contributed by atoms with Crippen LogP contribution in [0.5, 0.6) is 0 Å². The first-order valence-corrected chi connectivity index (χ1v) is 6.24. The first-order chi connectivity index (χ1) is 9.81. The molecule has 0 fully saturated rings. The van der Waals surface area contributed by atoms with Crippen LogP contribution in [0, 0.1) is 6.92 Å². The summed E-state index contributed by atoms with van der Waals surface area (Å²) in [6.07, 6.45) is 7.01. The van der Waals surface area contributed by atoms with Gasteiger partial charge in [0.25, 0.3) is 0 Å². The quantitative estimate of drug-likeness (QED) is 0.787. The van der Waals surface area contributed by atoms with E-state index in [1.165, 1.54) is 0 Å². The molecule has 3 rings (SSSR count). The van der Waals surface area contributed by atoms with Crippen molar-refractivity contribution in [1.29, 1.82) is 0 Å². The third-order valence-electron chi connectivity index (χ3n) is 2.73. The van der Waals surface area contributed by atoms with E-state index in [0.29, 0.717) is 5.82 Å². The Morgan fingerprint density at radius 3 is 2.45 bits per heavy atom.